The lowest BCUT2D eigenvalue weighted by Gasteiger charge is -2.14. The maximum atomic E-state index is 9.24. The van der Waals surface area contributed by atoms with Gasteiger partial charge in [-0.05, 0) is 38.3 Å². The number of aliphatic imine (C=N–C) groups is 1. The van der Waals surface area contributed by atoms with Gasteiger partial charge < -0.3 is 5.11 Å². The number of hydrogen-bond donors (Lipinski definition) is 1. The van der Waals surface area contributed by atoms with E-state index in [1.54, 1.807) is 0 Å². The second-order valence-electron chi connectivity index (χ2n) is 2.97. The van der Waals surface area contributed by atoms with Gasteiger partial charge in [0.2, 0.25) is 0 Å². The van der Waals surface area contributed by atoms with Crippen LogP contribution in [0.1, 0.15) is 26.2 Å². The van der Waals surface area contributed by atoms with Gasteiger partial charge in [-0.25, -0.2) is 0 Å². The lowest BCUT2D eigenvalue weighted by Crippen LogP contribution is -2.16. The van der Waals surface area contributed by atoms with E-state index in [4.69, 9.17) is 0 Å². The summed E-state index contributed by atoms with van der Waals surface area (Å²) < 4.78 is 0. The molecule has 0 saturated heterocycles. The van der Waals surface area contributed by atoms with Crippen LogP contribution in [-0.4, -0.2) is 24.0 Å². The molecule has 1 aliphatic rings. The van der Waals surface area contributed by atoms with Gasteiger partial charge in [-0.3, -0.25) is 4.99 Å². The monoisotopic (exact) mass is 141 g/mol. The molecule has 2 heteroatoms. The Balaban J connectivity index is 2.37. The van der Waals surface area contributed by atoms with Crippen molar-refractivity contribution in [3.05, 3.63) is 0 Å². The van der Waals surface area contributed by atoms with Crippen molar-refractivity contribution in [3.63, 3.8) is 0 Å². The van der Waals surface area contributed by atoms with Crippen molar-refractivity contribution < 1.29 is 5.11 Å². The van der Waals surface area contributed by atoms with Crippen LogP contribution in [0.3, 0.4) is 0 Å². The number of nitrogens with zero attached hydrogens (tertiary/aromatic N) is 1. The number of aliphatic hydroxyl groups excluding tert-OH is 1. The first-order valence-corrected chi connectivity index (χ1v) is 3.97. The number of rotatable bonds is 1. The minimum Gasteiger partial charge on any atom is -0.393 e. The summed E-state index contributed by atoms with van der Waals surface area (Å²) in [7, 11) is 0. The molecule has 0 spiro atoms. The number of hydrogen-bond acceptors (Lipinski definition) is 2. The molecule has 0 amide bonds. The van der Waals surface area contributed by atoms with Gasteiger partial charge in [-0.1, -0.05) is 0 Å². The van der Waals surface area contributed by atoms with E-state index >= 15 is 0 Å². The Kier molecular flexibility index (Phi) is 2.87. The molecule has 1 N–H and O–H groups in total. The first-order chi connectivity index (χ1) is 4.80. The second-order valence-corrected chi connectivity index (χ2v) is 2.97. The van der Waals surface area contributed by atoms with Crippen LogP contribution >= 0.6 is 0 Å². The van der Waals surface area contributed by atoms with E-state index in [0.717, 1.165) is 25.8 Å². The predicted octanol–water partition coefficient (Wildman–Crippen LogP) is 1.24. The Morgan fingerprint density at radius 1 is 1.70 bits per heavy atom. The second kappa shape index (κ2) is 3.71. The van der Waals surface area contributed by atoms with E-state index in [2.05, 4.69) is 4.99 Å². The molecule has 0 saturated carbocycles. The van der Waals surface area contributed by atoms with Crippen LogP contribution < -0.4 is 0 Å². The lowest BCUT2D eigenvalue weighted by atomic mass is 9.96. The van der Waals surface area contributed by atoms with E-state index in [0.29, 0.717) is 5.92 Å². The molecule has 0 aromatic heterocycles. The zero-order valence-corrected chi connectivity index (χ0v) is 6.45. The molecule has 1 rings (SSSR count). The molecule has 0 radical (unpaired) electrons. The van der Waals surface area contributed by atoms with Crippen LogP contribution in [0.4, 0.5) is 0 Å². The van der Waals surface area contributed by atoms with E-state index in [1.165, 1.54) is 0 Å². The molecule has 2 atom stereocenters. The zero-order chi connectivity index (χ0) is 7.40. The molecule has 0 aromatic carbocycles. The van der Waals surface area contributed by atoms with E-state index < -0.39 is 0 Å². The Bertz CT molecular complexity index is 120. The van der Waals surface area contributed by atoms with Gasteiger partial charge in [0.1, 0.15) is 0 Å². The van der Waals surface area contributed by atoms with Crippen molar-refractivity contribution in [1.29, 1.82) is 0 Å². The predicted molar refractivity (Wildman–Crippen MR) is 42.4 cm³/mol. The van der Waals surface area contributed by atoms with Crippen LogP contribution in [-0.2, 0) is 0 Å². The fourth-order valence-corrected chi connectivity index (χ4v) is 1.30. The van der Waals surface area contributed by atoms with Gasteiger partial charge in [0.15, 0.2) is 0 Å². The largest absolute Gasteiger partial charge is 0.393 e. The third kappa shape index (κ3) is 2.10. The van der Waals surface area contributed by atoms with Crippen molar-refractivity contribution in [2.75, 3.05) is 6.54 Å². The van der Waals surface area contributed by atoms with Gasteiger partial charge >= 0.3 is 0 Å². The molecule has 10 heavy (non-hydrogen) atoms. The Hall–Kier alpha value is -0.370. The first-order valence-electron chi connectivity index (χ1n) is 3.97. The minimum absolute atomic E-state index is 0.162. The highest BCUT2D eigenvalue weighted by Crippen LogP contribution is 2.16. The summed E-state index contributed by atoms with van der Waals surface area (Å²) in [5.74, 6) is 0.450. The molecular formula is C8H15NO. The van der Waals surface area contributed by atoms with Gasteiger partial charge in [0, 0.05) is 6.54 Å². The third-order valence-electron chi connectivity index (χ3n) is 2.08. The zero-order valence-electron chi connectivity index (χ0n) is 6.45. The van der Waals surface area contributed by atoms with Crippen LogP contribution in [0.2, 0.25) is 0 Å². The molecule has 1 heterocycles. The van der Waals surface area contributed by atoms with Crippen molar-refractivity contribution >= 4 is 6.21 Å². The maximum absolute atomic E-state index is 9.24. The average Bonchev–Trinajstić information content (AvgIpc) is 2.12. The summed E-state index contributed by atoms with van der Waals surface area (Å²) in [5.41, 5.74) is 0. The summed E-state index contributed by atoms with van der Waals surface area (Å²) in [6.07, 6.45) is 5.00. The highest BCUT2D eigenvalue weighted by molar-refractivity contribution is 5.57. The van der Waals surface area contributed by atoms with Crippen LogP contribution in [0.5, 0.6) is 0 Å². The SMILES string of the molecule is CC(O)C1CC=NCCC1. The van der Waals surface area contributed by atoms with Crippen LogP contribution in [0.25, 0.3) is 0 Å². The summed E-state index contributed by atoms with van der Waals surface area (Å²) >= 11 is 0. The third-order valence-corrected chi connectivity index (χ3v) is 2.08. The molecule has 2 nitrogen and oxygen atoms in total. The van der Waals surface area contributed by atoms with Crippen molar-refractivity contribution in [2.24, 2.45) is 10.9 Å². The van der Waals surface area contributed by atoms with Gasteiger partial charge in [0.25, 0.3) is 0 Å². The smallest absolute Gasteiger partial charge is 0.0543 e. The number of aliphatic hydroxyl groups is 1. The van der Waals surface area contributed by atoms with Gasteiger partial charge in [-0.2, -0.15) is 0 Å². The fourth-order valence-electron chi connectivity index (χ4n) is 1.30. The molecule has 0 bridgehead atoms. The maximum Gasteiger partial charge on any atom is 0.0543 e. The Morgan fingerprint density at radius 3 is 3.20 bits per heavy atom. The Morgan fingerprint density at radius 2 is 2.50 bits per heavy atom. The molecule has 1 aliphatic heterocycles. The van der Waals surface area contributed by atoms with Crippen molar-refractivity contribution in [1.82, 2.24) is 0 Å². The highest BCUT2D eigenvalue weighted by Gasteiger charge is 2.14. The molecule has 0 fully saturated rings. The molecule has 0 aromatic rings. The van der Waals surface area contributed by atoms with Crippen LogP contribution in [0.15, 0.2) is 4.99 Å². The molecule has 58 valence electrons. The first kappa shape index (κ1) is 7.73. The topological polar surface area (TPSA) is 32.6 Å². The lowest BCUT2D eigenvalue weighted by molar-refractivity contribution is 0.124. The summed E-state index contributed by atoms with van der Waals surface area (Å²) in [5, 5.41) is 9.24. The van der Waals surface area contributed by atoms with E-state index in [-0.39, 0.29) is 6.10 Å². The van der Waals surface area contributed by atoms with Crippen LogP contribution in [0, 0.1) is 5.92 Å². The summed E-state index contributed by atoms with van der Waals surface area (Å²) in [6.45, 7) is 2.81. The molecular weight excluding hydrogens is 126 g/mol. The average molecular weight is 141 g/mol. The van der Waals surface area contributed by atoms with Crippen molar-refractivity contribution in [3.8, 4) is 0 Å². The fraction of sp³-hybridized carbons (Fsp3) is 0.875. The van der Waals surface area contributed by atoms with Crippen molar-refractivity contribution in [2.45, 2.75) is 32.3 Å². The molecule has 2 unspecified atom stereocenters. The summed E-state index contributed by atoms with van der Waals surface area (Å²) in [4.78, 5) is 4.17. The Labute approximate surface area is 62.0 Å². The summed E-state index contributed by atoms with van der Waals surface area (Å²) in [6, 6.07) is 0. The highest BCUT2D eigenvalue weighted by atomic mass is 16.3. The normalized spacial score (nSPS) is 29.6. The minimum atomic E-state index is -0.162. The van der Waals surface area contributed by atoms with Gasteiger partial charge in [-0.15, -0.1) is 0 Å². The van der Waals surface area contributed by atoms with Gasteiger partial charge in [0.05, 0.1) is 6.10 Å². The molecule has 0 aliphatic carbocycles. The van der Waals surface area contributed by atoms with E-state index in [1.807, 2.05) is 13.1 Å². The quantitative estimate of drug-likeness (QED) is 0.585. The van der Waals surface area contributed by atoms with E-state index in [9.17, 15) is 5.11 Å². The standard InChI is InChI=1S/C8H15NO/c1-7(10)8-3-2-5-9-6-4-8/h6-8,10H,2-5H2,1H3.